The number of aryl methyl sites for hydroxylation is 1. The number of carbonyl (C=O) groups is 2. The monoisotopic (exact) mass is 365 g/mol. The average molecular weight is 366 g/mol. The lowest BCUT2D eigenvalue weighted by Gasteiger charge is -2.08. The molecule has 0 fully saturated rings. The highest BCUT2D eigenvalue weighted by atomic mass is 79.9. The van der Waals surface area contributed by atoms with Crippen LogP contribution < -0.4 is 10.9 Å². The van der Waals surface area contributed by atoms with Crippen molar-refractivity contribution < 1.29 is 14.3 Å². The van der Waals surface area contributed by atoms with Crippen molar-refractivity contribution in [2.24, 2.45) is 7.05 Å². The van der Waals surface area contributed by atoms with Gasteiger partial charge in [-0.3, -0.25) is 20.4 Å². The minimum Gasteiger partial charge on any atom is -0.380 e. The summed E-state index contributed by atoms with van der Waals surface area (Å²) in [6, 6.07) is 8.62. The van der Waals surface area contributed by atoms with E-state index in [2.05, 4.69) is 26.8 Å². The molecule has 1 aromatic carbocycles. The van der Waals surface area contributed by atoms with Crippen LogP contribution in [0.15, 0.2) is 41.0 Å². The van der Waals surface area contributed by atoms with E-state index < -0.39 is 5.91 Å². The van der Waals surface area contributed by atoms with Gasteiger partial charge in [0.25, 0.3) is 11.8 Å². The van der Waals surface area contributed by atoms with Gasteiger partial charge in [-0.1, -0.05) is 12.1 Å². The normalized spacial score (nSPS) is 10.3. The van der Waals surface area contributed by atoms with Gasteiger partial charge in [-0.2, -0.15) is 0 Å². The van der Waals surface area contributed by atoms with Crippen LogP contribution in [0.1, 0.15) is 26.4 Å². The molecule has 116 valence electrons. The van der Waals surface area contributed by atoms with Crippen molar-refractivity contribution in [3.63, 3.8) is 0 Å². The molecular formula is C15H16BrN3O3. The fourth-order valence-electron chi connectivity index (χ4n) is 1.92. The van der Waals surface area contributed by atoms with Gasteiger partial charge in [-0.15, -0.1) is 0 Å². The highest BCUT2D eigenvalue weighted by molar-refractivity contribution is 9.10. The lowest BCUT2D eigenvalue weighted by Crippen LogP contribution is -2.42. The Morgan fingerprint density at radius 1 is 1.18 bits per heavy atom. The molecule has 0 saturated heterocycles. The molecule has 2 rings (SSSR count). The van der Waals surface area contributed by atoms with Crippen molar-refractivity contribution in [2.45, 2.75) is 6.61 Å². The van der Waals surface area contributed by atoms with Crippen LogP contribution in [-0.4, -0.2) is 23.5 Å². The van der Waals surface area contributed by atoms with Crippen molar-refractivity contribution >= 4 is 27.7 Å². The van der Waals surface area contributed by atoms with Crippen LogP contribution in [0.3, 0.4) is 0 Å². The predicted molar refractivity (Wildman–Crippen MR) is 85.2 cm³/mol. The molecule has 0 aliphatic rings. The Kier molecular flexibility index (Phi) is 5.35. The minimum absolute atomic E-state index is 0.384. The van der Waals surface area contributed by atoms with E-state index >= 15 is 0 Å². The number of hydrazine groups is 1. The molecule has 2 N–H and O–H groups in total. The lowest BCUT2D eigenvalue weighted by atomic mass is 10.1. The maximum absolute atomic E-state index is 12.0. The average Bonchev–Trinajstić information content (AvgIpc) is 2.84. The summed E-state index contributed by atoms with van der Waals surface area (Å²) in [5.74, 6) is -0.775. The number of ether oxygens (including phenoxy) is 1. The van der Waals surface area contributed by atoms with E-state index in [-0.39, 0.29) is 5.91 Å². The van der Waals surface area contributed by atoms with Crippen molar-refractivity contribution in [3.05, 3.63) is 57.8 Å². The number of nitrogens with zero attached hydrogens (tertiary/aromatic N) is 1. The quantitative estimate of drug-likeness (QED) is 0.814. The van der Waals surface area contributed by atoms with Crippen molar-refractivity contribution in [1.29, 1.82) is 0 Å². The molecular weight excluding hydrogens is 350 g/mol. The zero-order chi connectivity index (χ0) is 16.1. The molecule has 0 bridgehead atoms. The van der Waals surface area contributed by atoms with Crippen LogP contribution in [0.2, 0.25) is 0 Å². The van der Waals surface area contributed by atoms with E-state index in [1.54, 1.807) is 55.3 Å². The molecule has 7 heteroatoms. The molecule has 0 aliphatic carbocycles. The van der Waals surface area contributed by atoms with Crippen LogP contribution in [0.25, 0.3) is 0 Å². The van der Waals surface area contributed by atoms with Crippen molar-refractivity contribution in [1.82, 2.24) is 15.4 Å². The highest BCUT2D eigenvalue weighted by Crippen LogP contribution is 2.13. The van der Waals surface area contributed by atoms with E-state index in [9.17, 15) is 9.59 Å². The minimum atomic E-state index is -0.391. The molecule has 2 amide bonds. The fraction of sp³-hybridized carbons (Fsp3) is 0.200. The van der Waals surface area contributed by atoms with Crippen LogP contribution in [-0.2, 0) is 18.4 Å². The van der Waals surface area contributed by atoms with Gasteiger partial charge < -0.3 is 9.30 Å². The second-order valence-electron chi connectivity index (χ2n) is 4.69. The Balaban J connectivity index is 1.94. The van der Waals surface area contributed by atoms with E-state index in [0.717, 1.165) is 10.0 Å². The lowest BCUT2D eigenvalue weighted by molar-refractivity contribution is 0.0842. The first-order chi connectivity index (χ1) is 10.5. The van der Waals surface area contributed by atoms with Gasteiger partial charge in [-0.05, 0) is 39.7 Å². The standard InChI is InChI=1S/C15H16BrN3O3/c1-19-8-12(16)7-13(19)15(21)18-17-14(20)11-5-3-10(4-6-11)9-22-2/h3-8H,9H2,1-2H3,(H,17,20)(H,18,21). The van der Waals surface area contributed by atoms with Crippen LogP contribution in [0, 0.1) is 0 Å². The second-order valence-corrected chi connectivity index (χ2v) is 5.61. The molecule has 1 heterocycles. The summed E-state index contributed by atoms with van der Waals surface area (Å²) in [6.45, 7) is 0.487. The molecule has 0 radical (unpaired) electrons. The van der Waals surface area contributed by atoms with Gasteiger partial charge in [0.15, 0.2) is 0 Å². The molecule has 1 aromatic heterocycles. The number of hydrogen-bond acceptors (Lipinski definition) is 3. The number of aromatic nitrogens is 1. The van der Waals surface area contributed by atoms with Crippen LogP contribution >= 0.6 is 15.9 Å². The summed E-state index contributed by atoms with van der Waals surface area (Å²) in [5, 5.41) is 0. The first kappa shape index (κ1) is 16.3. The van der Waals surface area contributed by atoms with E-state index in [1.807, 2.05) is 0 Å². The third-order valence-electron chi connectivity index (χ3n) is 3.02. The number of carbonyl (C=O) groups excluding carboxylic acids is 2. The molecule has 22 heavy (non-hydrogen) atoms. The first-order valence-corrected chi connectivity index (χ1v) is 7.31. The largest absolute Gasteiger partial charge is 0.380 e. The van der Waals surface area contributed by atoms with E-state index in [0.29, 0.717) is 17.9 Å². The first-order valence-electron chi connectivity index (χ1n) is 6.51. The van der Waals surface area contributed by atoms with E-state index in [4.69, 9.17) is 4.74 Å². The Hall–Kier alpha value is -2.12. The summed E-state index contributed by atoms with van der Waals surface area (Å²) < 4.78 is 7.46. The maximum Gasteiger partial charge on any atom is 0.286 e. The fourth-order valence-corrected chi connectivity index (χ4v) is 2.44. The SMILES string of the molecule is COCc1ccc(C(=O)NNC(=O)c2cc(Br)cn2C)cc1. The highest BCUT2D eigenvalue weighted by Gasteiger charge is 2.12. The van der Waals surface area contributed by atoms with Crippen molar-refractivity contribution in [3.8, 4) is 0 Å². The Morgan fingerprint density at radius 2 is 1.82 bits per heavy atom. The number of hydrogen-bond donors (Lipinski definition) is 2. The number of rotatable bonds is 4. The predicted octanol–water partition coefficient (Wildman–Crippen LogP) is 2.01. The van der Waals surface area contributed by atoms with Gasteiger partial charge in [0.05, 0.1) is 6.61 Å². The Bertz CT molecular complexity index is 680. The molecule has 6 nitrogen and oxygen atoms in total. The molecule has 0 spiro atoms. The van der Waals surface area contributed by atoms with Gasteiger partial charge in [0.2, 0.25) is 0 Å². The number of methoxy groups -OCH3 is 1. The van der Waals surface area contributed by atoms with Crippen molar-refractivity contribution in [2.75, 3.05) is 7.11 Å². The summed E-state index contributed by atoms with van der Waals surface area (Å²) in [6.07, 6.45) is 1.76. The number of amides is 2. The topological polar surface area (TPSA) is 72.4 Å². The van der Waals surface area contributed by atoms with Gasteiger partial charge >= 0.3 is 0 Å². The molecule has 0 atom stereocenters. The molecule has 0 aliphatic heterocycles. The van der Waals surface area contributed by atoms with Gasteiger partial charge in [0.1, 0.15) is 5.69 Å². The van der Waals surface area contributed by atoms with Crippen LogP contribution in [0.5, 0.6) is 0 Å². The molecule has 0 unspecified atom stereocenters. The zero-order valence-corrected chi connectivity index (χ0v) is 13.8. The third-order valence-corrected chi connectivity index (χ3v) is 3.45. The number of halogens is 1. The third kappa shape index (κ3) is 3.96. The second kappa shape index (κ2) is 7.24. The van der Waals surface area contributed by atoms with Gasteiger partial charge in [-0.25, -0.2) is 0 Å². The van der Waals surface area contributed by atoms with Crippen LogP contribution in [0.4, 0.5) is 0 Å². The summed E-state index contributed by atoms with van der Waals surface area (Å²) in [7, 11) is 3.36. The molecule has 0 saturated carbocycles. The van der Waals surface area contributed by atoms with Gasteiger partial charge in [0, 0.05) is 30.4 Å². The Labute approximate surface area is 136 Å². The maximum atomic E-state index is 12.0. The Morgan fingerprint density at radius 3 is 2.36 bits per heavy atom. The number of benzene rings is 1. The number of nitrogens with one attached hydrogen (secondary N) is 2. The summed E-state index contributed by atoms with van der Waals surface area (Å²) in [5.41, 5.74) is 6.63. The zero-order valence-electron chi connectivity index (χ0n) is 12.2. The summed E-state index contributed by atoms with van der Waals surface area (Å²) in [4.78, 5) is 23.9. The molecule has 2 aromatic rings. The van der Waals surface area contributed by atoms with E-state index in [1.165, 1.54) is 0 Å². The smallest absolute Gasteiger partial charge is 0.286 e. The summed E-state index contributed by atoms with van der Waals surface area (Å²) >= 11 is 3.29.